The Kier molecular flexibility index (Phi) is 8.22. The fourth-order valence-electron chi connectivity index (χ4n) is 3.42. The SMILES string of the molecule is CN1CCN(CC(NC(=O)CCCNC(=O)c2cccs2)c2ccccc2)CC1. The zero-order valence-corrected chi connectivity index (χ0v) is 17.8. The quantitative estimate of drug-likeness (QED) is 0.619. The molecule has 1 atom stereocenters. The van der Waals surface area contributed by atoms with Crippen molar-refractivity contribution in [2.45, 2.75) is 18.9 Å². The predicted molar refractivity (Wildman–Crippen MR) is 117 cm³/mol. The van der Waals surface area contributed by atoms with Crippen LogP contribution in [0.4, 0.5) is 0 Å². The van der Waals surface area contributed by atoms with Crippen LogP contribution in [0.2, 0.25) is 0 Å². The third-order valence-corrected chi connectivity index (χ3v) is 6.05. The largest absolute Gasteiger partial charge is 0.351 e. The molecule has 3 rings (SSSR count). The van der Waals surface area contributed by atoms with E-state index in [1.54, 1.807) is 6.07 Å². The van der Waals surface area contributed by atoms with Crippen molar-refractivity contribution in [3.8, 4) is 0 Å². The molecule has 6 nitrogen and oxygen atoms in total. The zero-order valence-electron chi connectivity index (χ0n) is 17.0. The lowest BCUT2D eigenvalue weighted by Gasteiger charge is -2.35. The Balaban J connectivity index is 1.46. The Morgan fingerprint density at radius 3 is 2.52 bits per heavy atom. The molecule has 0 radical (unpaired) electrons. The van der Waals surface area contributed by atoms with Crippen molar-refractivity contribution in [2.75, 3.05) is 46.3 Å². The summed E-state index contributed by atoms with van der Waals surface area (Å²) in [6.45, 7) is 5.46. The summed E-state index contributed by atoms with van der Waals surface area (Å²) in [7, 11) is 2.14. The highest BCUT2D eigenvalue weighted by Crippen LogP contribution is 2.16. The molecule has 2 aromatic rings. The number of hydrogen-bond donors (Lipinski definition) is 2. The highest BCUT2D eigenvalue weighted by molar-refractivity contribution is 7.12. The van der Waals surface area contributed by atoms with Crippen molar-refractivity contribution in [3.63, 3.8) is 0 Å². The van der Waals surface area contributed by atoms with Crippen LogP contribution in [0.25, 0.3) is 0 Å². The molecular formula is C22H30N4O2S. The Bertz CT molecular complexity index is 758. The standard InChI is InChI=1S/C22H30N4O2S/c1-25-12-14-26(15-13-25)17-19(18-7-3-2-4-8-18)24-21(27)10-5-11-23-22(28)20-9-6-16-29-20/h2-4,6-9,16,19H,5,10-15,17H2,1H3,(H,23,28)(H,24,27). The lowest BCUT2D eigenvalue weighted by atomic mass is 10.1. The molecule has 0 saturated carbocycles. The molecule has 1 unspecified atom stereocenters. The number of piperazine rings is 1. The summed E-state index contributed by atoms with van der Waals surface area (Å²) in [6.07, 6.45) is 1.02. The van der Waals surface area contributed by atoms with Crippen molar-refractivity contribution in [1.29, 1.82) is 0 Å². The number of rotatable bonds is 9. The van der Waals surface area contributed by atoms with E-state index >= 15 is 0 Å². The van der Waals surface area contributed by atoms with Gasteiger partial charge in [0.25, 0.3) is 5.91 Å². The van der Waals surface area contributed by atoms with E-state index in [-0.39, 0.29) is 17.9 Å². The van der Waals surface area contributed by atoms with Gasteiger partial charge in [-0.2, -0.15) is 0 Å². The third kappa shape index (κ3) is 6.96. The molecule has 1 fully saturated rings. The molecule has 0 spiro atoms. The maximum Gasteiger partial charge on any atom is 0.261 e. The van der Waals surface area contributed by atoms with Gasteiger partial charge >= 0.3 is 0 Å². The third-order valence-electron chi connectivity index (χ3n) is 5.18. The Morgan fingerprint density at radius 1 is 1.07 bits per heavy atom. The van der Waals surface area contributed by atoms with Gasteiger partial charge in [-0.05, 0) is 30.5 Å². The average molecular weight is 415 g/mol. The van der Waals surface area contributed by atoms with Gasteiger partial charge in [-0.3, -0.25) is 14.5 Å². The van der Waals surface area contributed by atoms with E-state index in [1.165, 1.54) is 11.3 Å². The Morgan fingerprint density at radius 2 is 1.83 bits per heavy atom. The van der Waals surface area contributed by atoms with Gasteiger partial charge in [-0.15, -0.1) is 11.3 Å². The van der Waals surface area contributed by atoms with Crippen LogP contribution in [0.5, 0.6) is 0 Å². The summed E-state index contributed by atoms with van der Waals surface area (Å²) in [5.74, 6) is -0.0454. The zero-order chi connectivity index (χ0) is 20.5. The van der Waals surface area contributed by atoms with Crippen LogP contribution in [0.15, 0.2) is 47.8 Å². The van der Waals surface area contributed by atoms with Crippen LogP contribution in [0, 0.1) is 0 Å². The maximum atomic E-state index is 12.5. The summed E-state index contributed by atoms with van der Waals surface area (Å²) in [5, 5.41) is 7.96. The van der Waals surface area contributed by atoms with Gasteiger partial charge in [0.1, 0.15) is 0 Å². The van der Waals surface area contributed by atoms with Crippen LogP contribution in [-0.2, 0) is 4.79 Å². The van der Waals surface area contributed by atoms with E-state index in [9.17, 15) is 9.59 Å². The number of likely N-dealkylation sites (N-methyl/N-ethyl adjacent to an activating group) is 1. The molecule has 7 heteroatoms. The van der Waals surface area contributed by atoms with Crippen molar-refractivity contribution in [3.05, 3.63) is 58.3 Å². The van der Waals surface area contributed by atoms with Crippen molar-refractivity contribution in [2.24, 2.45) is 0 Å². The molecule has 1 aliphatic rings. The first-order chi connectivity index (χ1) is 14.1. The van der Waals surface area contributed by atoms with Gasteiger partial charge in [0.2, 0.25) is 5.91 Å². The van der Waals surface area contributed by atoms with E-state index in [2.05, 4.69) is 39.6 Å². The molecule has 1 aromatic carbocycles. The molecule has 1 saturated heterocycles. The Hall–Kier alpha value is -2.22. The van der Waals surface area contributed by atoms with E-state index in [1.807, 2.05) is 29.6 Å². The van der Waals surface area contributed by atoms with Gasteiger partial charge in [0.05, 0.1) is 10.9 Å². The number of thiophene rings is 1. The first-order valence-corrected chi connectivity index (χ1v) is 11.1. The molecule has 2 N–H and O–H groups in total. The van der Waals surface area contributed by atoms with E-state index in [0.717, 1.165) is 38.3 Å². The smallest absolute Gasteiger partial charge is 0.261 e. The lowest BCUT2D eigenvalue weighted by molar-refractivity contribution is -0.122. The van der Waals surface area contributed by atoms with Crippen molar-refractivity contribution >= 4 is 23.2 Å². The molecule has 0 aliphatic carbocycles. The summed E-state index contributed by atoms with van der Waals surface area (Å²) < 4.78 is 0. The lowest BCUT2D eigenvalue weighted by Crippen LogP contribution is -2.47. The van der Waals surface area contributed by atoms with Crippen LogP contribution in [0.3, 0.4) is 0 Å². The van der Waals surface area contributed by atoms with Crippen LogP contribution < -0.4 is 10.6 Å². The number of carbonyl (C=O) groups is 2. The van der Waals surface area contributed by atoms with E-state index < -0.39 is 0 Å². The van der Waals surface area contributed by atoms with E-state index in [4.69, 9.17) is 0 Å². The number of benzene rings is 1. The first kappa shape index (κ1) is 21.5. The maximum absolute atomic E-state index is 12.5. The highest BCUT2D eigenvalue weighted by Gasteiger charge is 2.21. The molecule has 156 valence electrons. The summed E-state index contributed by atoms with van der Waals surface area (Å²) >= 11 is 1.42. The van der Waals surface area contributed by atoms with Crippen LogP contribution in [0.1, 0.15) is 34.1 Å². The molecule has 1 aromatic heterocycles. The Labute approximate surface area is 176 Å². The monoisotopic (exact) mass is 414 g/mol. The molecular weight excluding hydrogens is 384 g/mol. The summed E-state index contributed by atoms with van der Waals surface area (Å²) in [6, 6.07) is 13.8. The second-order valence-corrected chi connectivity index (χ2v) is 8.42. The number of hydrogen-bond acceptors (Lipinski definition) is 5. The van der Waals surface area contributed by atoms with Gasteiger partial charge in [0.15, 0.2) is 0 Å². The minimum Gasteiger partial charge on any atom is -0.351 e. The highest BCUT2D eigenvalue weighted by atomic mass is 32.1. The van der Waals surface area contributed by atoms with Crippen LogP contribution >= 0.6 is 11.3 Å². The van der Waals surface area contributed by atoms with Crippen molar-refractivity contribution in [1.82, 2.24) is 20.4 Å². The molecule has 0 bridgehead atoms. The molecule has 29 heavy (non-hydrogen) atoms. The van der Waals surface area contributed by atoms with Gasteiger partial charge in [0, 0.05) is 45.7 Å². The van der Waals surface area contributed by atoms with Crippen LogP contribution in [-0.4, -0.2) is 67.9 Å². The second-order valence-electron chi connectivity index (χ2n) is 7.47. The first-order valence-electron chi connectivity index (χ1n) is 10.2. The predicted octanol–water partition coefficient (Wildman–Crippen LogP) is 2.36. The fraction of sp³-hybridized carbons (Fsp3) is 0.455. The summed E-state index contributed by atoms with van der Waals surface area (Å²) in [5.41, 5.74) is 1.13. The molecule has 2 amide bonds. The van der Waals surface area contributed by atoms with E-state index in [0.29, 0.717) is 24.3 Å². The summed E-state index contributed by atoms with van der Waals surface area (Å²) in [4.78, 5) is 29.9. The van der Waals surface area contributed by atoms with Gasteiger partial charge in [-0.25, -0.2) is 0 Å². The van der Waals surface area contributed by atoms with Gasteiger partial charge in [-0.1, -0.05) is 36.4 Å². The number of nitrogens with one attached hydrogen (secondary N) is 2. The molecule has 2 heterocycles. The number of nitrogens with zero attached hydrogens (tertiary/aromatic N) is 2. The minimum atomic E-state index is -0.0716. The topological polar surface area (TPSA) is 64.7 Å². The fourth-order valence-corrected chi connectivity index (χ4v) is 4.06. The average Bonchev–Trinajstić information content (AvgIpc) is 3.28. The number of carbonyl (C=O) groups excluding carboxylic acids is 2. The van der Waals surface area contributed by atoms with Crippen molar-refractivity contribution < 1.29 is 9.59 Å². The second kappa shape index (κ2) is 11.1. The van der Waals surface area contributed by atoms with Gasteiger partial charge < -0.3 is 15.5 Å². The molecule has 1 aliphatic heterocycles. The number of amides is 2. The normalized spacial score (nSPS) is 16.3. The minimum absolute atomic E-state index is 0.0205.